The minimum absolute atomic E-state index is 0.0668. The number of hydrogen-bond donors (Lipinski definition) is 2. The van der Waals surface area contributed by atoms with E-state index in [9.17, 15) is 9.59 Å². The highest BCUT2D eigenvalue weighted by atomic mass is 32.2. The van der Waals surface area contributed by atoms with Crippen LogP contribution in [0.4, 0.5) is 5.69 Å². The molecule has 1 unspecified atom stereocenters. The number of nitrogens with one attached hydrogen (secondary N) is 1. The fourth-order valence-corrected chi connectivity index (χ4v) is 2.19. The average molecular weight is 282 g/mol. The van der Waals surface area contributed by atoms with E-state index in [0.29, 0.717) is 17.9 Å². The number of para-hydroxylation sites is 1. The summed E-state index contributed by atoms with van der Waals surface area (Å²) in [6.07, 6.45) is 0.496. The average Bonchev–Trinajstić information content (AvgIpc) is 2.43. The number of esters is 1. The van der Waals surface area contributed by atoms with Crippen molar-refractivity contribution in [2.24, 2.45) is 5.73 Å². The summed E-state index contributed by atoms with van der Waals surface area (Å²) >= 11 is 1.44. The van der Waals surface area contributed by atoms with Gasteiger partial charge in [0.15, 0.2) is 0 Å². The molecule has 6 heteroatoms. The first-order valence-corrected chi connectivity index (χ1v) is 7.05. The molecule has 0 aromatic heterocycles. The van der Waals surface area contributed by atoms with Crippen molar-refractivity contribution in [1.82, 2.24) is 0 Å². The second-order valence-corrected chi connectivity index (χ2v) is 4.99. The van der Waals surface area contributed by atoms with Crippen LogP contribution in [0.2, 0.25) is 0 Å². The third-order valence-electron chi connectivity index (χ3n) is 2.37. The minimum Gasteiger partial charge on any atom is -0.468 e. The fourth-order valence-electron chi connectivity index (χ4n) is 1.36. The van der Waals surface area contributed by atoms with E-state index in [2.05, 4.69) is 10.1 Å². The van der Waals surface area contributed by atoms with Crippen molar-refractivity contribution in [2.75, 3.05) is 23.9 Å². The van der Waals surface area contributed by atoms with E-state index in [1.165, 1.54) is 18.9 Å². The predicted molar refractivity (Wildman–Crippen MR) is 77.0 cm³/mol. The van der Waals surface area contributed by atoms with Crippen molar-refractivity contribution >= 4 is 29.3 Å². The van der Waals surface area contributed by atoms with Gasteiger partial charge in [0.1, 0.15) is 6.04 Å². The highest BCUT2D eigenvalue weighted by Crippen LogP contribution is 2.08. The van der Waals surface area contributed by atoms with E-state index in [4.69, 9.17) is 5.73 Å². The fraction of sp³-hybridized carbons (Fsp3) is 0.385. The SMILES string of the molecule is COC(=O)C(N)CCSCC(=O)Nc1ccccc1. The number of anilines is 1. The molecule has 19 heavy (non-hydrogen) atoms. The zero-order chi connectivity index (χ0) is 14.1. The maximum atomic E-state index is 11.6. The first kappa shape index (κ1) is 15.5. The highest BCUT2D eigenvalue weighted by molar-refractivity contribution is 7.99. The third-order valence-corrected chi connectivity index (χ3v) is 3.36. The molecule has 0 saturated heterocycles. The zero-order valence-electron chi connectivity index (χ0n) is 10.8. The van der Waals surface area contributed by atoms with Crippen LogP contribution in [0.15, 0.2) is 30.3 Å². The van der Waals surface area contributed by atoms with Gasteiger partial charge in [-0.3, -0.25) is 9.59 Å². The summed E-state index contributed by atoms with van der Waals surface area (Å²) in [5.41, 5.74) is 6.36. The molecule has 0 aliphatic heterocycles. The lowest BCUT2D eigenvalue weighted by Crippen LogP contribution is -2.32. The van der Waals surface area contributed by atoms with Crippen molar-refractivity contribution in [3.05, 3.63) is 30.3 Å². The lowest BCUT2D eigenvalue weighted by atomic mass is 10.2. The number of methoxy groups -OCH3 is 1. The quantitative estimate of drug-likeness (QED) is 0.581. The molecule has 0 bridgehead atoms. The number of ether oxygens (including phenoxy) is 1. The van der Waals surface area contributed by atoms with Gasteiger partial charge in [0.05, 0.1) is 12.9 Å². The van der Waals surface area contributed by atoms with Crippen LogP contribution >= 0.6 is 11.8 Å². The number of benzene rings is 1. The third kappa shape index (κ3) is 6.26. The van der Waals surface area contributed by atoms with Crippen LogP contribution < -0.4 is 11.1 Å². The van der Waals surface area contributed by atoms with E-state index in [1.807, 2.05) is 30.3 Å². The van der Waals surface area contributed by atoms with Crippen LogP contribution in [0.3, 0.4) is 0 Å². The van der Waals surface area contributed by atoms with Crippen molar-refractivity contribution in [3.63, 3.8) is 0 Å². The monoisotopic (exact) mass is 282 g/mol. The standard InChI is InChI=1S/C13H18N2O3S/c1-18-13(17)11(14)7-8-19-9-12(16)15-10-5-3-2-4-6-10/h2-6,11H,7-9,14H2,1H3,(H,15,16). The molecule has 1 atom stereocenters. The van der Waals surface area contributed by atoms with Crippen LogP contribution in [0, 0.1) is 0 Å². The number of carbonyl (C=O) groups excluding carboxylic acids is 2. The normalized spacial score (nSPS) is 11.7. The van der Waals surface area contributed by atoms with Crippen LogP contribution in [-0.2, 0) is 14.3 Å². The molecular formula is C13H18N2O3S. The summed E-state index contributed by atoms with van der Waals surface area (Å²) in [6.45, 7) is 0. The van der Waals surface area contributed by atoms with Crippen molar-refractivity contribution < 1.29 is 14.3 Å². The summed E-state index contributed by atoms with van der Waals surface area (Å²) in [4.78, 5) is 22.6. The van der Waals surface area contributed by atoms with E-state index in [1.54, 1.807) is 0 Å². The van der Waals surface area contributed by atoms with Gasteiger partial charge in [-0.25, -0.2) is 0 Å². The summed E-state index contributed by atoms with van der Waals surface area (Å²) in [6, 6.07) is 8.65. The zero-order valence-corrected chi connectivity index (χ0v) is 11.6. The molecule has 0 aliphatic carbocycles. The summed E-state index contributed by atoms with van der Waals surface area (Å²) in [5, 5.41) is 2.78. The van der Waals surface area contributed by atoms with Crippen molar-refractivity contribution in [2.45, 2.75) is 12.5 Å². The Balaban J connectivity index is 2.16. The lowest BCUT2D eigenvalue weighted by Gasteiger charge is -2.08. The van der Waals surface area contributed by atoms with Crippen LogP contribution in [0.5, 0.6) is 0 Å². The number of nitrogens with two attached hydrogens (primary N) is 1. The predicted octanol–water partition coefficient (Wildman–Crippen LogP) is 1.25. The minimum atomic E-state index is -0.616. The molecule has 0 heterocycles. The van der Waals surface area contributed by atoms with Gasteiger partial charge in [0.2, 0.25) is 5.91 Å². The number of thioether (sulfide) groups is 1. The van der Waals surface area contributed by atoms with Gasteiger partial charge in [-0.2, -0.15) is 11.8 Å². The maximum Gasteiger partial charge on any atom is 0.322 e. The van der Waals surface area contributed by atoms with Crippen molar-refractivity contribution in [3.8, 4) is 0 Å². The van der Waals surface area contributed by atoms with E-state index in [0.717, 1.165) is 5.69 Å². The molecule has 0 radical (unpaired) electrons. The molecule has 0 saturated carbocycles. The molecular weight excluding hydrogens is 264 g/mol. The molecule has 3 N–H and O–H groups in total. The molecule has 104 valence electrons. The van der Waals surface area contributed by atoms with Crippen LogP contribution in [0.25, 0.3) is 0 Å². The lowest BCUT2D eigenvalue weighted by molar-refractivity contribution is -0.142. The molecule has 1 aromatic rings. The number of rotatable bonds is 7. The molecule has 0 aliphatic rings. The Hall–Kier alpha value is -1.53. The second kappa shape index (κ2) is 8.55. The Bertz CT molecular complexity index is 412. The topological polar surface area (TPSA) is 81.4 Å². The summed E-state index contributed by atoms with van der Waals surface area (Å²) in [7, 11) is 1.31. The van der Waals surface area contributed by atoms with Gasteiger partial charge in [-0.1, -0.05) is 18.2 Å². The number of carbonyl (C=O) groups is 2. The Kier molecular flexibility index (Phi) is 6.99. The van der Waals surface area contributed by atoms with Gasteiger partial charge in [-0.05, 0) is 24.3 Å². The Labute approximate surface area is 116 Å². The van der Waals surface area contributed by atoms with Gasteiger partial charge >= 0.3 is 5.97 Å². The summed E-state index contributed by atoms with van der Waals surface area (Å²) < 4.78 is 4.52. The van der Waals surface area contributed by atoms with Crippen molar-refractivity contribution in [1.29, 1.82) is 0 Å². The van der Waals surface area contributed by atoms with Crippen LogP contribution in [-0.4, -0.2) is 36.5 Å². The largest absolute Gasteiger partial charge is 0.468 e. The van der Waals surface area contributed by atoms with E-state index in [-0.39, 0.29) is 5.91 Å². The van der Waals surface area contributed by atoms with Gasteiger partial charge < -0.3 is 15.8 Å². The maximum absolute atomic E-state index is 11.6. The molecule has 1 aromatic carbocycles. The van der Waals surface area contributed by atoms with Gasteiger partial charge in [-0.15, -0.1) is 0 Å². The molecule has 0 fully saturated rings. The first-order chi connectivity index (χ1) is 9.13. The molecule has 1 amide bonds. The first-order valence-electron chi connectivity index (χ1n) is 5.89. The second-order valence-electron chi connectivity index (χ2n) is 3.89. The highest BCUT2D eigenvalue weighted by Gasteiger charge is 2.13. The smallest absolute Gasteiger partial charge is 0.322 e. The van der Waals surface area contributed by atoms with E-state index >= 15 is 0 Å². The number of amides is 1. The Morgan fingerprint density at radius 1 is 1.37 bits per heavy atom. The molecule has 1 rings (SSSR count). The molecule has 5 nitrogen and oxygen atoms in total. The van der Waals surface area contributed by atoms with Gasteiger partial charge in [0, 0.05) is 5.69 Å². The number of hydrogen-bond acceptors (Lipinski definition) is 5. The Morgan fingerprint density at radius 2 is 2.05 bits per heavy atom. The van der Waals surface area contributed by atoms with Crippen LogP contribution in [0.1, 0.15) is 6.42 Å². The summed E-state index contributed by atoms with van der Waals surface area (Å²) in [5.74, 6) is 0.485. The molecule has 0 spiro atoms. The van der Waals surface area contributed by atoms with E-state index < -0.39 is 12.0 Å². The van der Waals surface area contributed by atoms with Gasteiger partial charge in [0.25, 0.3) is 0 Å². The Morgan fingerprint density at radius 3 is 2.68 bits per heavy atom.